The van der Waals surface area contributed by atoms with Crippen molar-refractivity contribution in [2.45, 2.75) is 12.6 Å². The van der Waals surface area contributed by atoms with Gasteiger partial charge in [-0.25, -0.2) is 0 Å². The number of halogens is 3. The molecule has 1 radical (unpaired) electrons. The molecule has 59 valence electrons. The third kappa shape index (κ3) is 2.97. The molecule has 1 heterocycles. The molecule has 1 aromatic heterocycles. The molecule has 11 heavy (non-hydrogen) atoms. The van der Waals surface area contributed by atoms with E-state index in [0.717, 1.165) is 0 Å². The largest absolute Gasteiger partial charge is 0.394 e. The molecule has 0 N–H and O–H groups in total. The molecule has 5 heteroatoms. The molecule has 0 aliphatic rings. The van der Waals surface area contributed by atoms with Crippen molar-refractivity contribution in [3.05, 3.63) is 24.0 Å². The van der Waals surface area contributed by atoms with Gasteiger partial charge in [0.2, 0.25) is 0 Å². The van der Waals surface area contributed by atoms with Gasteiger partial charge in [-0.3, -0.25) is 0 Å². The lowest BCUT2D eigenvalue weighted by molar-refractivity contribution is -0.128. The van der Waals surface area contributed by atoms with E-state index in [2.05, 4.69) is 16.3 Å². The lowest BCUT2D eigenvalue weighted by Crippen LogP contribution is -2.12. The fraction of sp³-hybridized carbons (Fsp3) is 0.333. The van der Waals surface area contributed by atoms with Crippen molar-refractivity contribution in [3.8, 4) is 0 Å². The van der Waals surface area contributed by atoms with Crippen LogP contribution in [0.4, 0.5) is 13.2 Å². The first-order chi connectivity index (χ1) is 5.08. The van der Waals surface area contributed by atoms with E-state index in [-0.39, 0.29) is 5.69 Å². The minimum absolute atomic E-state index is 0.181. The molecule has 2 nitrogen and oxygen atoms in total. The van der Waals surface area contributed by atoms with Gasteiger partial charge < -0.3 is 0 Å². The Balaban J connectivity index is 2.66. The first kappa shape index (κ1) is 7.97. The predicted molar refractivity (Wildman–Crippen MR) is 30.6 cm³/mol. The quantitative estimate of drug-likeness (QED) is 0.621. The highest BCUT2D eigenvalue weighted by molar-refractivity contribution is 4.98. The van der Waals surface area contributed by atoms with Crippen molar-refractivity contribution >= 4 is 0 Å². The van der Waals surface area contributed by atoms with Gasteiger partial charge in [0.05, 0.1) is 18.3 Å². The van der Waals surface area contributed by atoms with E-state index in [9.17, 15) is 13.2 Å². The number of alkyl halides is 3. The number of hydrogen-bond donors (Lipinski definition) is 0. The molecule has 0 spiro atoms. The topological polar surface area (TPSA) is 25.8 Å². The third-order valence-corrected chi connectivity index (χ3v) is 0.937. The molecule has 0 aromatic carbocycles. The average Bonchev–Trinajstić information content (AvgIpc) is 1.85. The van der Waals surface area contributed by atoms with Gasteiger partial charge in [0.25, 0.3) is 0 Å². The molecule has 0 bridgehead atoms. The van der Waals surface area contributed by atoms with Gasteiger partial charge in [-0.1, -0.05) is 0 Å². The van der Waals surface area contributed by atoms with Crippen LogP contribution in [-0.2, 0) is 6.42 Å². The Hall–Kier alpha value is -1.13. The van der Waals surface area contributed by atoms with Gasteiger partial charge in [0.15, 0.2) is 0 Å². The van der Waals surface area contributed by atoms with Gasteiger partial charge >= 0.3 is 6.18 Å². The molecule has 1 aromatic rings. The predicted octanol–water partition coefficient (Wildman–Crippen LogP) is 1.38. The van der Waals surface area contributed by atoms with Gasteiger partial charge in [0, 0.05) is 6.07 Å². The summed E-state index contributed by atoms with van der Waals surface area (Å²) in [6, 6.07) is 3.63. The zero-order chi connectivity index (χ0) is 8.32. The van der Waals surface area contributed by atoms with Crippen LogP contribution in [0.2, 0.25) is 0 Å². The lowest BCUT2D eigenvalue weighted by atomic mass is 10.3. The van der Waals surface area contributed by atoms with Crippen molar-refractivity contribution in [2.24, 2.45) is 0 Å². The van der Waals surface area contributed by atoms with E-state index in [1.165, 1.54) is 12.3 Å². The molecule has 0 amide bonds. The van der Waals surface area contributed by atoms with Crippen molar-refractivity contribution in [3.63, 3.8) is 0 Å². The molecule has 0 atom stereocenters. The molecular weight excluding hydrogens is 157 g/mol. The van der Waals surface area contributed by atoms with E-state index in [0.29, 0.717) is 0 Å². The Morgan fingerprint density at radius 2 is 2.18 bits per heavy atom. The average molecular weight is 161 g/mol. The number of hydrogen-bond acceptors (Lipinski definition) is 2. The second-order valence-electron chi connectivity index (χ2n) is 1.91. The minimum Gasteiger partial charge on any atom is -0.171 e. The molecule has 0 saturated heterocycles. The smallest absolute Gasteiger partial charge is 0.171 e. The molecule has 1 rings (SSSR count). The van der Waals surface area contributed by atoms with Gasteiger partial charge in [0.1, 0.15) is 0 Å². The summed E-state index contributed by atoms with van der Waals surface area (Å²) in [5.41, 5.74) is -0.181. The number of rotatable bonds is 1. The zero-order valence-electron chi connectivity index (χ0n) is 5.39. The summed E-state index contributed by atoms with van der Waals surface area (Å²) < 4.78 is 35.0. The maximum absolute atomic E-state index is 11.7. The Labute approximate surface area is 61.1 Å². The van der Waals surface area contributed by atoms with Gasteiger partial charge in [-0.05, 0) is 6.07 Å². The Morgan fingerprint density at radius 1 is 1.45 bits per heavy atom. The van der Waals surface area contributed by atoms with E-state index in [4.69, 9.17) is 0 Å². The summed E-state index contributed by atoms with van der Waals surface area (Å²) in [5, 5.41) is 6.53. The van der Waals surface area contributed by atoms with Crippen LogP contribution in [0.15, 0.2) is 12.3 Å². The fourth-order valence-corrected chi connectivity index (χ4v) is 0.575. The lowest BCUT2D eigenvalue weighted by Gasteiger charge is -2.02. The SMILES string of the molecule is FC(F)(F)Cc1[c]ccnn1. The molecular formula is C6H4F3N2. The van der Waals surface area contributed by atoms with Crippen molar-refractivity contribution in [2.75, 3.05) is 0 Å². The van der Waals surface area contributed by atoms with Gasteiger partial charge in [-0.15, -0.1) is 0 Å². The van der Waals surface area contributed by atoms with Crippen LogP contribution in [0.25, 0.3) is 0 Å². The number of nitrogens with zero attached hydrogens (tertiary/aromatic N) is 2. The van der Waals surface area contributed by atoms with E-state index in [1.54, 1.807) is 0 Å². The van der Waals surface area contributed by atoms with Crippen LogP contribution in [-0.4, -0.2) is 16.4 Å². The zero-order valence-corrected chi connectivity index (χ0v) is 5.39. The van der Waals surface area contributed by atoms with Crippen LogP contribution in [0, 0.1) is 6.07 Å². The molecule has 0 aliphatic heterocycles. The summed E-state index contributed by atoms with van der Waals surface area (Å²) in [6.07, 6.45) is -4.02. The van der Waals surface area contributed by atoms with Crippen LogP contribution in [0.1, 0.15) is 5.69 Å². The van der Waals surface area contributed by atoms with Crippen molar-refractivity contribution < 1.29 is 13.2 Å². The monoisotopic (exact) mass is 161 g/mol. The van der Waals surface area contributed by atoms with E-state index >= 15 is 0 Å². The summed E-state index contributed by atoms with van der Waals surface area (Å²) in [7, 11) is 0. The molecule has 0 saturated carbocycles. The fourth-order valence-electron chi connectivity index (χ4n) is 0.575. The maximum atomic E-state index is 11.7. The molecule has 0 fully saturated rings. The van der Waals surface area contributed by atoms with Crippen molar-refractivity contribution in [1.29, 1.82) is 0 Å². The standard InChI is InChI=1S/C6H4F3N2/c7-6(8,9)4-5-2-1-3-10-11-5/h1,3H,4H2. The molecule has 0 aliphatic carbocycles. The summed E-state index contributed by atoms with van der Waals surface area (Å²) >= 11 is 0. The highest BCUT2D eigenvalue weighted by Gasteiger charge is 2.28. The Morgan fingerprint density at radius 3 is 2.64 bits per heavy atom. The Kier molecular flexibility index (Phi) is 2.07. The summed E-state index contributed by atoms with van der Waals surface area (Å²) in [4.78, 5) is 0. The highest BCUT2D eigenvalue weighted by atomic mass is 19.4. The summed E-state index contributed by atoms with van der Waals surface area (Å²) in [5.74, 6) is 0. The minimum atomic E-state index is -4.23. The van der Waals surface area contributed by atoms with Crippen LogP contribution < -0.4 is 0 Å². The van der Waals surface area contributed by atoms with Crippen molar-refractivity contribution in [1.82, 2.24) is 10.2 Å². The van der Waals surface area contributed by atoms with E-state index < -0.39 is 12.6 Å². The number of aromatic nitrogens is 2. The second-order valence-corrected chi connectivity index (χ2v) is 1.91. The van der Waals surface area contributed by atoms with Crippen LogP contribution in [0.3, 0.4) is 0 Å². The van der Waals surface area contributed by atoms with Crippen LogP contribution >= 0.6 is 0 Å². The normalized spacial score (nSPS) is 11.5. The first-order valence-electron chi connectivity index (χ1n) is 2.83. The second kappa shape index (κ2) is 2.86. The van der Waals surface area contributed by atoms with E-state index in [1.807, 2.05) is 0 Å². The third-order valence-electron chi connectivity index (χ3n) is 0.937. The highest BCUT2D eigenvalue weighted by Crippen LogP contribution is 2.18. The van der Waals surface area contributed by atoms with Gasteiger partial charge in [-0.2, -0.15) is 23.4 Å². The van der Waals surface area contributed by atoms with Crippen LogP contribution in [0.5, 0.6) is 0 Å². The maximum Gasteiger partial charge on any atom is 0.394 e. The summed E-state index contributed by atoms with van der Waals surface area (Å²) in [6.45, 7) is 0. The molecule has 0 unspecified atom stereocenters. The first-order valence-corrected chi connectivity index (χ1v) is 2.83. The Bertz CT molecular complexity index is 219.